The maximum atomic E-state index is 5.55. The van der Waals surface area contributed by atoms with E-state index in [-0.39, 0.29) is 0 Å². The summed E-state index contributed by atoms with van der Waals surface area (Å²) < 4.78 is 0. The molecular formula is C13H25N3S. The molecule has 4 heteroatoms. The second-order valence-electron chi connectivity index (χ2n) is 5.56. The van der Waals surface area contributed by atoms with Crippen molar-refractivity contribution in [2.24, 2.45) is 5.73 Å². The molecule has 3 nitrogen and oxygen atoms in total. The molecule has 0 spiro atoms. The number of hydrogen-bond acceptors (Lipinski definition) is 3. The lowest BCUT2D eigenvalue weighted by molar-refractivity contribution is 0.0152. The maximum absolute atomic E-state index is 5.55. The summed E-state index contributed by atoms with van der Waals surface area (Å²) in [6, 6.07) is 1.50. The van der Waals surface area contributed by atoms with Crippen LogP contribution in [-0.4, -0.2) is 53.1 Å². The second kappa shape index (κ2) is 6.12. The smallest absolute Gasteiger partial charge is 0.0727 e. The summed E-state index contributed by atoms with van der Waals surface area (Å²) in [6.45, 7) is 7.32. The van der Waals surface area contributed by atoms with Gasteiger partial charge in [0, 0.05) is 25.2 Å². The van der Waals surface area contributed by atoms with Gasteiger partial charge in [0.05, 0.1) is 4.99 Å². The van der Waals surface area contributed by atoms with E-state index in [0.717, 1.165) is 25.4 Å². The third kappa shape index (κ3) is 3.63. The van der Waals surface area contributed by atoms with Crippen LogP contribution in [0.25, 0.3) is 0 Å². The average molecular weight is 255 g/mol. The lowest BCUT2D eigenvalue weighted by Crippen LogP contribution is -2.58. The van der Waals surface area contributed by atoms with E-state index in [1.165, 1.54) is 38.9 Å². The Labute approximate surface area is 110 Å². The van der Waals surface area contributed by atoms with Gasteiger partial charge in [-0.15, -0.1) is 0 Å². The summed E-state index contributed by atoms with van der Waals surface area (Å²) in [4.78, 5) is 5.98. The first-order chi connectivity index (χ1) is 8.16. The first-order valence-corrected chi connectivity index (χ1v) is 7.34. The summed E-state index contributed by atoms with van der Waals surface area (Å²) in [5, 5.41) is 0. The van der Waals surface area contributed by atoms with Gasteiger partial charge in [-0.3, -0.25) is 9.80 Å². The molecule has 2 N–H and O–H groups in total. The van der Waals surface area contributed by atoms with Crippen LogP contribution < -0.4 is 5.73 Å². The topological polar surface area (TPSA) is 32.5 Å². The van der Waals surface area contributed by atoms with Gasteiger partial charge in [0.2, 0.25) is 0 Å². The predicted molar refractivity (Wildman–Crippen MR) is 76.3 cm³/mol. The Morgan fingerprint density at radius 3 is 2.94 bits per heavy atom. The lowest BCUT2D eigenvalue weighted by atomic mass is 9.97. The van der Waals surface area contributed by atoms with Gasteiger partial charge in [0.1, 0.15) is 0 Å². The summed E-state index contributed by atoms with van der Waals surface area (Å²) in [5.41, 5.74) is 5.55. The van der Waals surface area contributed by atoms with Crippen molar-refractivity contribution >= 4 is 17.2 Å². The molecule has 0 aromatic carbocycles. The Kier molecular flexibility index (Phi) is 4.77. The number of thiocarbonyl (C=S) groups is 1. The van der Waals surface area contributed by atoms with Crippen LogP contribution in [0.2, 0.25) is 0 Å². The molecule has 2 fully saturated rings. The largest absolute Gasteiger partial charge is 0.393 e. The van der Waals surface area contributed by atoms with E-state index in [1.807, 2.05) is 0 Å². The highest BCUT2D eigenvalue weighted by Crippen LogP contribution is 2.24. The van der Waals surface area contributed by atoms with Crippen LogP contribution in [0.5, 0.6) is 0 Å². The highest BCUT2D eigenvalue weighted by molar-refractivity contribution is 7.80. The van der Waals surface area contributed by atoms with Crippen LogP contribution in [0, 0.1) is 0 Å². The maximum Gasteiger partial charge on any atom is 0.0727 e. The van der Waals surface area contributed by atoms with Crippen molar-refractivity contribution in [1.29, 1.82) is 0 Å². The van der Waals surface area contributed by atoms with Gasteiger partial charge in [-0.05, 0) is 45.7 Å². The second-order valence-corrected chi connectivity index (χ2v) is 6.08. The number of nitrogens with zero attached hydrogens (tertiary/aromatic N) is 2. The summed E-state index contributed by atoms with van der Waals surface area (Å²) in [5.74, 6) is 0. The molecule has 0 saturated carbocycles. The molecule has 0 aromatic heterocycles. The lowest BCUT2D eigenvalue weighted by Gasteiger charge is -2.47. The minimum atomic E-state index is 0.661. The fraction of sp³-hybridized carbons (Fsp3) is 0.923. The van der Waals surface area contributed by atoms with Gasteiger partial charge in [0.15, 0.2) is 0 Å². The SMILES string of the molecule is CC1CN2CCCCC2CN1CCCC(N)=S. The number of piperidine rings is 1. The first kappa shape index (κ1) is 13.2. The highest BCUT2D eigenvalue weighted by atomic mass is 32.1. The number of hydrogen-bond donors (Lipinski definition) is 1. The number of rotatable bonds is 4. The van der Waals surface area contributed by atoms with Crippen molar-refractivity contribution in [3.63, 3.8) is 0 Å². The molecule has 2 atom stereocenters. The molecule has 2 aliphatic heterocycles. The fourth-order valence-electron chi connectivity index (χ4n) is 3.18. The molecule has 2 aliphatic rings. The van der Waals surface area contributed by atoms with E-state index in [9.17, 15) is 0 Å². The van der Waals surface area contributed by atoms with Crippen LogP contribution in [0.1, 0.15) is 39.0 Å². The van der Waals surface area contributed by atoms with E-state index < -0.39 is 0 Å². The molecule has 2 heterocycles. The summed E-state index contributed by atoms with van der Waals surface area (Å²) in [6.07, 6.45) is 6.21. The van der Waals surface area contributed by atoms with E-state index >= 15 is 0 Å². The van der Waals surface area contributed by atoms with Crippen LogP contribution in [0.15, 0.2) is 0 Å². The first-order valence-electron chi connectivity index (χ1n) is 6.93. The van der Waals surface area contributed by atoms with E-state index in [4.69, 9.17) is 18.0 Å². The zero-order valence-corrected chi connectivity index (χ0v) is 11.7. The Morgan fingerprint density at radius 1 is 1.35 bits per heavy atom. The van der Waals surface area contributed by atoms with Crippen molar-refractivity contribution in [3.05, 3.63) is 0 Å². The van der Waals surface area contributed by atoms with Gasteiger partial charge >= 0.3 is 0 Å². The van der Waals surface area contributed by atoms with Gasteiger partial charge in [-0.25, -0.2) is 0 Å². The molecule has 0 amide bonds. The average Bonchev–Trinajstić information content (AvgIpc) is 2.29. The molecule has 0 radical (unpaired) electrons. The van der Waals surface area contributed by atoms with Gasteiger partial charge < -0.3 is 5.73 Å². The third-order valence-corrected chi connectivity index (χ3v) is 4.39. The van der Waals surface area contributed by atoms with Crippen LogP contribution in [0.4, 0.5) is 0 Å². The molecule has 17 heavy (non-hydrogen) atoms. The molecule has 0 aliphatic carbocycles. The van der Waals surface area contributed by atoms with Crippen LogP contribution in [0.3, 0.4) is 0 Å². The number of fused-ring (bicyclic) bond motifs is 1. The summed E-state index contributed by atoms with van der Waals surface area (Å²) in [7, 11) is 0. The van der Waals surface area contributed by atoms with Crippen molar-refractivity contribution in [2.45, 2.75) is 51.1 Å². The fourth-order valence-corrected chi connectivity index (χ4v) is 3.33. The van der Waals surface area contributed by atoms with Crippen LogP contribution in [-0.2, 0) is 0 Å². The predicted octanol–water partition coefficient (Wildman–Crippen LogP) is 1.61. The Balaban J connectivity index is 1.80. The van der Waals surface area contributed by atoms with Gasteiger partial charge in [-0.2, -0.15) is 0 Å². The molecule has 0 aromatic rings. The minimum absolute atomic E-state index is 0.661. The van der Waals surface area contributed by atoms with Crippen LogP contribution >= 0.6 is 12.2 Å². The molecular weight excluding hydrogens is 230 g/mol. The van der Waals surface area contributed by atoms with E-state index in [1.54, 1.807) is 0 Å². The zero-order valence-electron chi connectivity index (χ0n) is 10.9. The van der Waals surface area contributed by atoms with Crippen molar-refractivity contribution < 1.29 is 0 Å². The Hall–Kier alpha value is -0.190. The van der Waals surface area contributed by atoms with E-state index in [0.29, 0.717) is 11.0 Å². The van der Waals surface area contributed by atoms with Crippen molar-refractivity contribution in [3.8, 4) is 0 Å². The molecule has 2 saturated heterocycles. The Bertz CT molecular complexity index is 269. The standard InChI is InChI=1S/C13H25N3S/c1-11-9-16-7-3-2-5-12(16)10-15(11)8-4-6-13(14)17/h11-12H,2-10H2,1H3,(H2,14,17). The molecule has 0 bridgehead atoms. The highest BCUT2D eigenvalue weighted by Gasteiger charge is 2.32. The normalized spacial score (nSPS) is 31.1. The number of piperazine rings is 1. The monoisotopic (exact) mass is 255 g/mol. The minimum Gasteiger partial charge on any atom is -0.393 e. The third-order valence-electron chi connectivity index (χ3n) is 4.18. The zero-order chi connectivity index (χ0) is 12.3. The van der Waals surface area contributed by atoms with E-state index in [2.05, 4.69) is 16.7 Å². The van der Waals surface area contributed by atoms with Gasteiger partial charge in [-0.1, -0.05) is 18.6 Å². The van der Waals surface area contributed by atoms with Crippen molar-refractivity contribution in [2.75, 3.05) is 26.2 Å². The quantitative estimate of drug-likeness (QED) is 0.774. The van der Waals surface area contributed by atoms with Crippen molar-refractivity contribution in [1.82, 2.24) is 9.80 Å². The molecule has 98 valence electrons. The van der Waals surface area contributed by atoms with Gasteiger partial charge in [0.25, 0.3) is 0 Å². The number of nitrogens with two attached hydrogens (primary N) is 1. The Morgan fingerprint density at radius 2 is 2.18 bits per heavy atom. The summed E-state index contributed by atoms with van der Waals surface area (Å²) >= 11 is 4.94. The molecule has 2 rings (SSSR count). The molecule has 2 unspecified atom stereocenters.